The van der Waals surface area contributed by atoms with Crippen LogP contribution in [0.4, 0.5) is 0 Å². The van der Waals surface area contributed by atoms with E-state index < -0.39 is 5.00 Å². The quantitative estimate of drug-likeness (QED) is 0.412. The van der Waals surface area contributed by atoms with Gasteiger partial charge in [0.15, 0.2) is 0 Å². The minimum atomic E-state index is -0.391. The number of halogens is 1. The molecule has 0 aromatic heterocycles. The van der Waals surface area contributed by atoms with Crippen molar-refractivity contribution in [1.82, 2.24) is 0 Å². The molecule has 2 heteroatoms. The third kappa shape index (κ3) is 1.59. The van der Waals surface area contributed by atoms with E-state index in [9.17, 15) is 0 Å². The average Bonchev–Trinajstić information content (AvgIpc) is 1.77. The Morgan fingerprint density at radius 2 is 2.22 bits per heavy atom. The predicted molar refractivity (Wildman–Crippen MR) is 40.4 cm³/mol. The molecule has 1 aliphatic carbocycles. The highest BCUT2D eigenvalue weighted by Crippen LogP contribution is 2.34. The second-order valence-electron chi connectivity index (χ2n) is 3.07. The van der Waals surface area contributed by atoms with Gasteiger partial charge in [-0.15, -0.1) is 11.6 Å². The fraction of sp³-hybridized carbons (Fsp3) is 1.00. The van der Waals surface area contributed by atoms with Gasteiger partial charge in [-0.1, -0.05) is 19.8 Å². The van der Waals surface area contributed by atoms with Gasteiger partial charge in [0.1, 0.15) is 0 Å². The van der Waals surface area contributed by atoms with Gasteiger partial charge in [-0.05, 0) is 18.8 Å². The summed E-state index contributed by atoms with van der Waals surface area (Å²) in [6.07, 6.45) is 4.67. The van der Waals surface area contributed by atoms with Gasteiger partial charge in [0, 0.05) is 0 Å². The van der Waals surface area contributed by atoms with Crippen molar-refractivity contribution in [3.8, 4) is 0 Å². The summed E-state index contributed by atoms with van der Waals surface area (Å²) in [5.74, 6) is 0.493. The third-order valence-corrected chi connectivity index (χ3v) is 2.83. The van der Waals surface area contributed by atoms with Gasteiger partial charge in [0.05, 0.1) is 5.00 Å². The van der Waals surface area contributed by atoms with Crippen LogP contribution in [0.1, 0.15) is 32.6 Å². The van der Waals surface area contributed by atoms with Crippen molar-refractivity contribution < 1.29 is 0 Å². The molecule has 2 N–H and O–H groups in total. The lowest BCUT2D eigenvalue weighted by Crippen LogP contribution is -2.42. The van der Waals surface area contributed by atoms with Crippen LogP contribution in [0.2, 0.25) is 0 Å². The summed E-state index contributed by atoms with van der Waals surface area (Å²) in [5.41, 5.74) is 5.79. The number of nitrogens with two attached hydrogens (primary N) is 1. The van der Waals surface area contributed by atoms with Crippen molar-refractivity contribution in [2.24, 2.45) is 11.7 Å². The summed E-state index contributed by atoms with van der Waals surface area (Å²) in [4.78, 5) is -0.391. The molecule has 0 amide bonds. The van der Waals surface area contributed by atoms with Crippen LogP contribution < -0.4 is 5.73 Å². The summed E-state index contributed by atoms with van der Waals surface area (Å²) < 4.78 is 0. The third-order valence-electron chi connectivity index (χ3n) is 2.27. The molecule has 1 fully saturated rings. The number of alkyl halides is 1. The Hall–Kier alpha value is 0.250. The molecule has 1 nitrogen and oxygen atoms in total. The molecule has 0 aromatic rings. The van der Waals surface area contributed by atoms with Crippen molar-refractivity contribution in [3.05, 3.63) is 0 Å². The fourth-order valence-electron chi connectivity index (χ4n) is 1.33. The van der Waals surface area contributed by atoms with Crippen LogP contribution in [0, 0.1) is 5.92 Å². The standard InChI is InChI=1S/C7H14ClN/c1-6-4-2-3-5-7(6,8)9/h6H,2-5,9H2,1H3. The smallest absolute Gasteiger partial charge is 0.0936 e. The van der Waals surface area contributed by atoms with Crippen LogP contribution in [-0.4, -0.2) is 5.00 Å². The minimum Gasteiger partial charge on any atom is -0.313 e. The second-order valence-corrected chi connectivity index (χ2v) is 3.78. The summed E-state index contributed by atoms with van der Waals surface area (Å²) in [6, 6.07) is 0. The molecule has 2 unspecified atom stereocenters. The van der Waals surface area contributed by atoms with Crippen molar-refractivity contribution in [1.29, 1.82) is 0 Å². The van der Waals surface area contributed by atoms with Gasteiger partial charge in [-0.3, -0.25) is 0 Å². The van der Waals surface area contributed by atoms with Gasteiger partial charge in [-0.2, -0.15) is 0 Å². The summed E-state index contributed by atoms with van der Waals surface area (Å²) >= 11 is 6.00. The highest BCUT2D eigenvalue weighted by atomic mass is 35.5. The molecule has 0 heterocycles. The molecule has 2 atom stereocenters. The van der Waals surface area contributed by atoms with Crippen LogP contribution in [0.25, 0.3) is 0 Å². The molecule has 0 saturated heterocycles. The number of rotatable bonds is 0. The molecule has 0 radical (unpaired) electrons. The van der Waals surface area contributed by atoms with Gasteiger partial charge in [0.2, 0.25) is 0 Å². The first-order chi connectivity index (χ1) is 4.13. The molecular weight excluding hydrogens is 134 g/mol. The van der Waals surface area contributed by atoms with Gasteiger partial charge >= 0.3 is 0 Å². The lowest BCUT2D eigenvalue weighted by molar-refractivity contribution is 0.292. The molecule has 1 rings (SSSR count). The van der Waals surface area contributed by atoms with Gasteiger partial charge in [-0.25, -0.2) is 0 Å². The SMILES string of the molecule is CC1CCCCC1(N)Cl. The highest BCUT2D eigenvalue weighted by Gasteiger charge is 2.31. The maximum absolute atomic E-state index is 6.00. The number of hydrogen-bond acceptors (Lipinski definition) is 1. The second kappa shape index (κ2) is 2.47. The molecule has 0 aliphatic heterocycles. The predicted octanol–water partition coefficient (Wildman–Crippen LogP) is 2.09. The normalized spacial score (nSPS) is 45.0. The minimum absolute atomic E-state index is 0.391. The maximum Gasteiger partial charge on any atom is 0.0936 e. The highest BCUT2D eigenvalue weighted by molar-refractivity contribution is 6.23. The Morgan fingerprint density at radius 1 is 1.56 bits per heavy atom. The Labute approximate surface area is 61.6 Å². The number of hydrogen-bond donors (Lipinski definition) is 1. The zero-order valence-electron chi connectivity index (χ0n) is 5.86. The molecule has 0 spiro atoms. The van der Waals surface area contributed by atoms with Crippen molar-refractivity contribution in [2.75, 3.05) is 0 Å². The Balaban J connectivity index is 2.49. The van der Waals surface area contributed by atoms with E-state index >= 15 is 0 Å². The first-order valence-electron chi connectivity index (χ1n) is 3.61. The van der Waals surface area contributed by atoms with E-state index in [1.165, 1.54) is 19.3 Å². The van der Waals surface area contributed by atoms with E-state index in [1.807, 2.05) is 0 Å². The van der Waals surface area contributed by atoms with Crippen LogP contribution >= 0.6 is 11.6 Å². The van der Waals surface area contributed by atoms with E-state index in [0.29, 0.717) is 5.92 Å². The molecule has 1 saturated carbocycles. The summed E-state index contributed by atoms with van der Waals surface area (Å²) in [6.45, 7) is 2.13. The van der Waals surface area contributed by atoms with Crippen LogP contribution in [0.5, 0.6) is 0 Å². The average molecular weight is 148 g/mol. The molecule has 9 heavy (non-hydrogen) atoms. The van der Waals surface area contributed by atoms with Crippen LogP contribution in [0.15, 0.2) is 0 Å². The topological polar surface area (TPSA) is 26.0 Å². The summed E-state index contributed by atoms with van der Waals surface area (Å²) in [5, 5.41) is 0. The Bertz CT molecular complexity index is 101. The van der Waals surface area contributed by atoms with E-state index in [-0.39, 0.29) is 0 Å². The lowest BCUT2D eigenvalue weighted by Gasteiger charge is -2.33. The van der Waals surface area contributed by atoms with E-state index in [2.05, 4.69) is 6.92 Å². The van der Waals surface area contributed by atoms with Gasteiger partial charge < -0.3 is 5.73 Å². The van der Waals surface area contributed by atoms with E-state index in [0.717, 1.165) is 6.42 Å². The Morgan fingerprint density at radius 3 is 2.56 bits per heavy atom. The fourth-order valence-corrected chi connectivity index (χ4v) is 1.58. The molecular formula is C7H14ClN. The van der Waals surface area contributed by atoms with E-state index in [1.54, 1.807) is 0 Å². The van der Waals surface area contributed by atoms with Crippen molar-refractivity contribution in [3.63, 3.8) is 0 Å². The largest absolute Gasteiger partial charge is 0.313 e. The Kier molecular flexibility index (Phi) is 2.02. The van der Waals surface area contributed by atoms with Crippen molar-refractivity contribution in [2.45, 2.75) is 37.6 Å². The molecule has 0 bridgehead atoms. The molecule has 1 aliphatic rings. The van der Waals surface area contributed by atoms with Crippen LogP contribution in [-0.2, 0) is 0 Å². The molecule has 0 aromatic carbocycles. The lowest BCUT2D eigenvalue weighted by atomic mass is 9.86. The van der Waals surface area contributed by atoms with Gasteiger partial charge in [0.25, 0.3) is 0 Å². The monoisotopic (exact) mass is 147 g/mol. The zero-order chi connectivity index (χ0) is 6.91. The van der Waals surface area contributed by atoms with Crippen molar-refractivity contribution >= 4 is 11.6 Å². The first-order valence-corrected chi connectivity index (χ1v) is 3.98. The zero-order valence-corrected chi connectivity index (χ0v) is 6.62. The van der Waals surface area contributed by atoms with E-state index in [4.69, 9.17) is 17.3 Å². The maximum atomic E-state index is 6.00. The molecule has 54 valence electrons. The first kappa shape index (κ1) is 7.36. The van der Waals surface area contributed by atoms with Crippen LogP contribution in [0.3, 0.4) is 0 Å². The summed E-state index contributed by atoms with van der Waals surface area (Å²) in [7, 11) is 0.